The number of hydrogen-bond donors (Lipinski definition) is 0. The van der Waals surface area contributed by atoms with Crippen LogP contribution in [0.1, 0.15) is 28.7 Å². The predicted molar refractivity (Wildman–Crippen MR) is 83.9 cm³/mol. The zero-order chi connectivity index (χ0) is 15.7. The number of ketones is 1. The summed E-state index contributed by atoms with van der Waals surface area (Å²) in [5.74, 6) is -0.0167. The molecule has 3 aromatic rings. The number of hydrogen-bond acceptors (Lipinski definition) is 4. The summed E-state index contributed by atoms with van der Waals surface area (Å²) in [4.78, 5) is 16.2. The number of aromatic nitrogens is 3. The van der Waals surface area contributed by atoms with Crippen molar-refractivity contribution in [3.8, 4) is 11.1 Å². The number of methoxy groups -OCH3 is 1. The van der Waals surface area contributed by atoms with E-state index >= 15 is 0 Å². The Labute approximate surface area is 128 Å². The first-order chi connectivity index (χ1) is 10.6. The SMILES string of the molecule is COCc1nn2c(C)c(C(C)=O)cnc2c1-c1ccccc1. The number of Topliss-reactive ketones (excluding diaryl/α,β-unsaturated/α-hetero) is 1. The van der Waals surface area contributed by atoms with E-state index in [0.29, 0.717) is 12.2 Å². The topological polar surface area (TPSA) is 56.5 Å². The molecule has 0 aliphatic heterocycles. The van der Waals surface area contributed by atoms with Gasteiger partial charge in [-0.1, -0.05) is 30.3 Å². The minimum absolute atomic E-state index is 0.0167. The molecule has 0 atom stereocenters. The summed E-state index contributed by atoms with van der Waals surface area (Å²) in [5.41, 5.74) is 4.90. The van der Waals surface area contributed by atoms with Gasteiger partial charge in [-0.05, 0) is 19.4 Å². The molecular formula is C17H17N3O2. The number of carbonyl (C=O) groups is 1. The van der Waals surface area contributed by atoms with Crippen LogP contribution in [-0.4, -0.2) is 27.5 Å². The van der Waals surface area contributed by atoms with E-state index in [1.807, 2.05) is 37.3 Å². The molecule has 5 nitrogen and oxygen atoms in total. The smallest absolute Gasteiger partial charge is 0.163 e. The zero-order valence-corrected chi connectivity index (χ0v) is 12.8. The third-order valence-corrected chi connectivity index (χ3v) is 3.68. The van der Waals surface area contributed by atoms with Crippen LogP contribution >= 0.6 is 0 Å². The minimum Gasteiger partial charge on any atom is -0.378 e. The van der Waals surface area contributed by atoms with Crippen LogP contribution in [0, 0.1) is 6.92 Å². The number of fused-ring (bicyclic) bond motifs is 1. The van der Waals surface area contributed by atoms with Crippen LogP contribution in [-0.2, 0) is 11.3 Å². The maximum atomic E-state index is 11.7. The lowest BCUT2D eigenvalue weighted by Crippen LogP contribution is -2.05. The molecule has 3 rings (SSSR count). The van der Waals surface area contributed by atoms with Gasteiger partial charge in [0, 0.05) is 13.3 Å². The summed E-state index contributed by atoms with van der Waals surface area (Å²) in [6, 6.07) is 9.97. The highest BCUT2D eigenvalue weighted by Crippen LogP contribution is 2.29. The molecule has 0 spiro atoms. The Hall–Kier alpha value is -2.53. The number of benzene rings is 1. The van der Waals surface area contributed by atoms with Crippen molar-refractivity contribution in [2.75, 3.05) is 7.11 Å². The van der Waals surface area contributed by atoms with Crippen LogP contribution in [0.25, 0.3) is 16.8 Å². The fourth-order valence-corrected chi connectivity index (χ4v) is 2.62. The molecule has 2 aromatic heterocycles. The lowest BCUT2D eigenvalue weighted by molar-refractivity contribution is 0.101. The number of rotatable bonds is 4. The molecule has 2 heterocycles. The first-order valence-corrected chi connectivity index (χ1v) is 7.06. The second-order valence-electron chi connectivity index (χ2n) is 5.17. The molecule has 5 heteroatoms. The number of carbonyl (C=O) groups excluding carboxylic acids is 1. The summed E-state index contributed by atoms with van der Waals surface area (Å²) < 4.78 is 7.00. The largest absolute Gasteiger partial charge is 0.378 e. The van der Waals surface area contributed by atoms with Gasteiger partial charge in [-0.3, -0.25) is 4.79 Å². The Morgan fingerprint density at radius 3 is 2.64 bits per heavy atom. The van der Waals surface area contributed by atoms with Gasteiger partial charge in [0.2, 0.25) is 0 Å². The first kappa shape index (κ1) is 14.4. The van der Waals surface area contributed by atoms with Crippen LogP contribution in [0.2, 0.25) is 0 Å². The van der Waals surface area contributed by atoms with Crippen LogP contribution in [0.15, 0.2) is 36.5 Å². The average molecular weight is 295 g/mol. The molecule has 0 saturated carbocycles. The molecule has 22 heavy (non-hydrogen) atoms. The van der Waals surface area contributed by atoms with Crippen molar-refractivity contribution in [3.05, 3.63) is 53.5 Å². The van der Waals surface area contributed by atoms with Crippen molar-refractivity contribution in [1.29, 1.82) is 0 Å². The summed E-state index contributed by atoms with van der Waals surface area (Å²) in [6.45, 7) is 3.81. The molecule has 0 saturated heterocycles. The normalized spacial score (nSPS) is 11.0. The summed E-state index contributed by atoms with van der Waals surface area (Å²) in [5, 5.41) is 4.60. The Morgan fingerprint density at radius 1 is 1.27 bits per heavy atom. The second-order valence-corrected chi connectivity index (χ2v) is 5.17. The highest BCUT2D eigenvalue weighted by atomic mass is 16.5. The Kier molecular flexibility index (Phi) is 3.73. The Balaban J connectivity index is 2.32. The van der Waals surface area contributed by atoms with E-state index in [9.17, 15) is 4.79 Å². The van der Waals surface area contributed by atoms with E-state index in [0.717, 1.165) is 28.2 Å². The van der Waals surface area contributed by atoms with Crippen molar-refractivity contribution < 1.29 is 9.53 Å². The van der Waals surface area contributed by atoms with E-state index in [4.69, 9.17) is 4.74 Å². The maximum Gasteiger partial charge on any atom is 0.163 e. The first-order valence-electron chi connectivity index (χ1n) is 7.06. The maximum absolute atomic E-state index is 11.7. The lowest BCUT2D eigenvalue weighted by atomic mass is 10.1. The predicted octanol–water partition coefficient (Wildman–Crippen LogP) is 3.05. The highest BCUT2D eigenvalue weighted by molar-refractivity contribution is 5.95. The summed E-state index contributed by atoms with van der Waals surface area (Å²) in [7, 11) is 1.64. The van der Waals surface area contributed by atoms with E-state index in [1.54, 1.807) is 17.8 Å². The van der Waals surface area contributed by atoms with E-state index in [-0.39, 0.29) is 5.78 Å². The molecular weight excluding hydrogens is 278 g/mol. The van der Waals surface area contributed by atoms with Gasteiger partial charge in [0.25, 0.3) is 0 Å². The zero-order valence-electron chi connectivity index (χ0n) is 12.8. The Bertz CT molecular complexity index is 838. The van der Waals surface area contributed by atoms with Gasteiger partial charge in [-0.2, -0.15) is 5.10 Å². The molecule has 0 bridgehead atoms. The van der Waals surface area contributed by atoms with Gasteiger partial charge in [-0.15, -0.1) is 0 Å². The molecule has 0 aliphatic carbocycles. The quantitative estimate of drug-likeness (QED) is 0.694. The third-order valence-electron chi connectivity index (χ3n) is 3.68. The van der Waals surface area contributed by atoms with Crippen LogP contribution in [0.4, 0.5) is 0 Å². The van der Waals surface area contributed by atoms with Crippen molar-refractivity contribution in [2.45, 2.75) is 20.5 Å². The van der Waals surface area contributed by atoms with E-state index in [1.165, 1.54) is 6.92 Å². The fourth-order valence-electron chi connectivity index (χ4n) is 2.62. The van der Waals surface area contributed by atoms with Gasteiger partial charge < -0.3 is 4.74 Å². The van der Waals surface area contributed by atoms with Gasteiger partial charge in [0.05, 0.1) is 29.1 Å². The molecule has 0 amide bonds. The summed E-state index contributed by atoms with van der Waals surface area (Å²) >= 11 is 0. The fraction of sp³-hybridized carbons (Fsp3) is 0.235. The van der Waals surface area contributed by atoms with Gasteiger partial charge in [0.1, 0.15) is 0 Å². The van der Waals surface area contributed by atoms with Crippen molar-refractivity contribution in [3.63, 3.8) is 0 Å². The van der Waals surface area contributed by atoms with E-state index in [2.05, 4.69) is 10.1 Å². The second kappa shape index (κ2) is 5.69. The number of nitrogens with zero attached hydrogens (tertiary/aromatic N) is 3. The third kappa shape index (κ3) is 2.29. The lowest BCUT2D eigenvalue weighted by Gasteiger charge is -2.05. The Morgan fingerprint density at radius 2 is 2.00 bits per heavy atom. The minimum atomic E-state index is -0.0167. The molecule has 112 valence electrons. The van der Waals surface area contributed by atoms with Crippen LogP contribution in [0.3, 0.4) is 0 Å². The van der Waals surface area contributed by atoms with Crippen LogP contribution in [0.5, 0.6) is 0 Å². The van der Waals surface area contributed by atoms with Gasteiger partial charge in [0.15, 0.2) is 11.4 Å². The molecule has 0 unspecified atom stereocenters. The monoisotopic (exact) mass is 295 g/mol. The number of aryl methyl sites for hydroxylation is 1. The van der Waals surface area contributed by atoms with E-state index < -0.39 is 0 Å². The van der Waals surface area contributed by atoms with Gasteiger partial charge in [-0.25, -0.2) is 9.50 Å². The van der Waals surface area contributed by atoms with Crippen molar-refractivity contribution >= 4 is 11.4 Å². The van der Waals surface area contributed by atoms with Crippen molar-refractivity contribution in [2.24, 2.45) is 0 Å². The molecule has 0 aliphatic rings. The van der Waals surface area contributed by atoms with Crippen LogP contribution < -0.4 is 0 Å². The average Bonchev–Trinajstić information content (AvgIpc) is 2.87. The molecule has 0 radical (unpaired) electrons. The molecule has 1 aromatic carbocycles. The number of ether oxygens (including phenoxy) is 1. The van der Waals surface area contributed by atoms with Gasteiger partial charge >= 0.3 is 0 Å². The highest BCUT2D eigenvalue weighted by Gasteiger charge is 2.19. The van der Waals surface area contributed by atoms with Crippen molar-refractivity contribution in [1.82, 2.24) is 14.6 Å². The molecule has 0 fully saturated rings. The summed E-state index contributed by atoms with van der Waals surface area (Å²) in [6.07, 6.45) is 1.62. The molecule has 0 N–H and O–H groups in total. The standard InChI is InChI=1S/C17H17N3O2/c1-11-14(12(2)21)9-18-17-16(13-7-5-4-6-8-13)15(10-22-3)19-20(11)17/h4-9H,10H2,1-3H3.